The van der Waals surface area contributed by atoms with Crippen LogP contribution < -0.4 is 10.2 Å². The average molecular weight is 543 g/mol. The first-order valence-corrected chi connectivity index (χ1v) is 15.2. The number of aryl methyl sites for hydroxylation is 1. The molecule has 0 aliphatic heterocycles. The van der Waals surface area contributed by atoms with E-state index in [2.05, 4.69) is 17.5 Å². The van der Waals surface area contributed by atoms with E-state index < -0.39 is 5.97 Å². The van der Waals surface area contributed by atoms with Gasteiger partial charge in [0.25, 0.3) is 0 Å². The molecule has 0 radical (unpaired) electrons. The van der Waals surface area contributed by atoms with Gasteiger partial charge < -0.3 is 4.74 Å². The first-order valence-electron chi connectivity index (χ1n) is 15.2. The van der Waals surface area contributed by atoms with Gasteiger partial charge in [-0.3, -0.25) is 4.79 Å². The fourth-order valence-electron chi connectivity index (χ4n) is 4.87. The van der Waals surface area contributed by atoms with Crippen LogP contribution in [0.25, 0.3) is 10.8 Å². The van der Waals surface area contributed by atoms with Crippen LogP contribution in [0.15, 0.2) is 65.8 Å². The molecular formula is C35H46N2O3. The highest BCUT2D eigenvalue weighted by molar-refractivity contribution is 6.04. The summed E-state index contributed by atoms with van der Waals surface area (Å²) in [5.74, 6) is -0.132. The van der Waals surface area contributed by atoms with E-state index >= 15 is 0 Å². The zero-order valence-electron chi connectivity index (χ0n) is 24.4. The predicted octanol–water partition coefficient (Wildman–Crippen LogP) is 9.30. The number of ether oxygens (including phenoxy) is 1. The summed E-state index contributed by atoms with van der Waals surface area (Å²) >= 11 is 0. The highest BCUT2D eigenvalue weighted by atomic mass is 16.5. The molecular weight excluding hydrogens is 496 g/mol. The lowest BCUT2D eigenvalue weighted by Gasteiger charge is -2.11. The molecule has 3 aromatic rings. The fraction of sp³-hybridized carbons (Fsp3) is 0.457. The van der Waals surface area contributed by atoms with E-state index in [0.29, 0.717) is 23.3 Å². The van der Waals surface area contributed by atoms with Crippen molar-refractivity contribution < 1.29 is 14.3 Å². The molecule has 0 saturated heterocycles. The molecule has 0 fully saturated rings. The molecule has 5 heteroatoms. The van der Waals surface area contributed by atoms with Crippen molar-refractivity contribution in [3.63, 3.8) is 0 Å². The number of esters is 1. The number of rotatable bonds is 18. The van der Waals surface area contributed by atoms with E-state index in [-0.39, 0.29) is 5.91 Å². The van der Waals surface area contributed by atoms with E-state index in [1.165, 1.54) is 70.6 Å². The zero-order chi connectivity index (χ0) is 28.4. The van der Waals surface area contributed by atoms with Crippen LogP contribution in [0, 0.1) is 6.92 Å². The molecule has 0 heterocycles. The molecule has 40 heavy (non-hydrogen) atoms. The maximum absolute atomic E-state index is 12.8. The third-order valence-corrected chi connectivity index (χ3v) is 7.31. The van der Waals surface area contributed by atoms with Crippen LogP contribution in [0.2, 0.25) is 0 Å². The number of hydrazone groups is 1. The van der Waals surface area contributed by atoms with Crippen LogP contribution in [-0.4, -0.2) is 18.1 Å². The van der Waals surface area contributed by atoms with Gasteiger partial charge in [-0.15, -0.1) is 0 Å². The summed E-state index contributed by atoms with van der Waals surface area (Å²) in [6.07, 6.45) is 18.6. The number of hydrogen-bond acceptors (Lipinski definition) is 4. The molecule has 0 bridgehead atoms. The standard InChI is InChI=1S/C35H46N2O3/c1-3-4-5-6-7-8-9-10-11-12-13-14-15-20-34(38)37-36-27-32-31-19-17-16-18-29(31)25-26-33(32)40-35(39)30-23-21-28(2)22-24-30/h16-19,21-27H,3-15,20H2,1-2H3,(H,37,38)/b36-27+. The Labute approximate surface area is 240 Å². The van der Waals surface area contributed by atoms with E-state index in [4.69, 9.17) is 4.74 Å². The van der Waals surface area contributed by atoms with Crippen LogP contribution in [0.5, 0.6) is 5.75 Å². The third kappa shape index (κ3) is 11.0. The van der Waals surface area contributed by atoms with Gasteiger partial charge in [0.15, 0.2) is 0 Å². The summed E-state index contributed by atoms with van der Waals surface area (Å²) in [5.41, 5.74) is 4.85. The Balaban J connectivity index is 1.41. The van der Waals surface area contributed by atoms with Gasteiger partial charge in [0.05, 0.1) is 11.8 Å². The van der Waals surface area contributed by atoms with Gasteiger partial charge >= 0.3 is 5.97 Å². The highest BCUT2D eigenvalue weighted by Crippen LogP contribution is 2.27. The van der Waals surface area contributed by atoms with Gasteiger partial charge in [-0.05, 0) is 42.3 Å². The van der Waals surface area contributed by atoms with Gasteiger partial charge in [0.1, 0.15) is 5.75 Å². The number of carbonyl (C=O) groups is 2. The summed E-state index contributed by atoms with van der Waals surface area (Å²) in [6, 6.07) is 18.8. The van der Waals surface area contributed by atoms with Crippen LogP contribution >= 0.6 is 0 Å². The smallest absolute Gasteiger partial charge is 0.343 e. The number of amides is 1. The van der Waals surface area contributed by atoms with Gasteiger partial charge in [-0.1, -0.05) is 132 Å². The van der Waals surface area contributed by atoms with Crippen molar-refractivity contribution in [2.75, 3.05) is 0 Å². The summed E-state index contributed by atoms with van der Waals surface area (Å²) in [4.78, 5) is 25.1. The lowest BCUT2D eigenvalue weighted by Crippen LogP contribution is -2.17. The second-order valence-electron chi connectivity index (χ2n) is 10.7. The lowest BCUT2D eigenvalue weighted by atomic mass is 10.0. The SMILES string of the molecule is CCCCCCCCCCCCCCCC(=O)N/N=C/c1c(OC(=O)c2ccc(C)cc2)ccc2ccccc12. The normalized spacial score (nSPS) is 11.2. The number of unbranched alkanes of at least 4 members (excludes halogenated alkanes) is 12. The highest BCUT2D eigenvalue weighted by Gasteiger charge is 2.13. The van der Waals surface area contributed by atoms with Crippen LogP contribution in [0.1, 0.15) is 118 Å². The second-order valence-corrected chi connectivity index (χ2v) is 10.7. The second kappa shape index (κ2) is 18.0. The first kappa shape index (κ1) is 31.1. The van der Waals surface area contributed by atoms with Crippen LogP contribution in [0.4, 0.5) is 0 Å². The van der Waals surface area contributed by atoms with Gasteiger partial charge in [0, 0.05) is 12.0 Å². The zero-order valence-corrected chi connectivity index (χ0v) is 24.4. The summed E-state index contributed by atoms with van der Waals surface area (Å²) in [5, 5.41) is 6.10. The summed E-state index contributed by atoms with van der Waals surface area (Å²) in [6.45, 7) is 4.23. The molecule has 1 N–H and O–H groups in total. The minimum Gasteiger partial charge on any atom is -0.422 e. The molecule has 0 aliphatic carbocycles. The molecule has 3 aromatic carbocycles. The van der Waals surface area contributed by atoms with Gasteiger partial charge in [-0.2, -0.15) is 5.10 Å². The molecule has 0 saturated carbocycles. The molecule has 0 atom stereocenters. The predicted molar refractivity (Wildman–Crippen MR) is 166 cm³/mol. The first-order chi connectivity index (χ1) is 19.6. The molecule has 1 amide bonds. The Hall–Kier alpha value is -3.47. The molecule has 5 nitrogen and oxygen atoms in total. The maximum Gasteiger partial charge on any atom is 0.343 e. The quantitative estimate of drug-likeness (QED) is 0.0572. The maximum atomic E-state index is 12.8. The molecule has 0 spiro atoms. The Morgan fingerprint density at radius 3 is 2.00 bits per heavy atom. The molecule has 214 valence electrons. The van der Waals surface area contributed by atoms with E-state index in [9.17, 15) is 9.59 Å². The fourth-order valence-corrected chi connectivity index (χ4v) is 4.87. The van der Waals surface area contributed by atoms with Gasteiger partial charge in [-0.25, -0.2) is 10.2 Å². The van der Waals surface area contributed by atoms with Crippen molar-refractivity contribution >= 4 is 28.9 Å². The molecule has 0 aromatic heterocycles. The van der Waals surface area contributed by atoms with Crippen molar-refractivity contribution in [1.29, 1.82) is 0 Å². The number of fused-ring (bicyclic) bond motifs is 1. The average Bonchev–Trinajstić information content (AvgIpc) is 2.96. The topological polar surface area (TPSA) is 67.8 Å². The Bertz CT molecular complexity index is 1220. The lowest BCUT2D eigenvalue weighted by molar-refractivity contribution is -0.121. The van der Waals surface area contributed by atoms with Gasteiger partial charge in [0.2, 0.25) is 5.91 Å². The molecule has 0 unspecified atom stereocenters. The number of hydrogen-bond donors (Lipinski definition) is 1. The minimum atomic E-state index is -0.434. The summed E-state index contributed by atoms with van der Waals surface area (Å²) in [7, 11) is 0. The number of nitrogens with zero attached hydrogens (tertiary/aromatic N) is 1. The Kier molecular flexibility index (Phi) is 14.0. The number of carbonyl (C=O) groups excluding carboxylic acids is 2. The third-order valence-electron chi connectivity index (χ3n) is 7.31. The number of benzene rings is 3. The monoisotopic (exact) mass is 542 g/mol. The molecule has 3 rings (SSSR count). The minimum absolute atomic E-state index is 0.0993. The summed E-state index contributed by atoms with van der Waals surface area (Å²) < 4.78 is 5.75. The van der Waals surface area contributed by atoms with E-state index in [1.807, 2.05) is 49.4 Å². The Morgan fingerprint density at radius 2 is 1.35 bits per heavy atom. The van der Waals surface area contributed by atoms with Crippen molar-refractivity contribution in [2.45, 2.75) is 104 Å². The van der Waals surface area contributed by atoms with Crippen molar-refractivity contribution in [3.8, 4) is 5.75 Å². The van der Waals surface area contributed by atoms with Crippen molar-refractivity contribution in [1.82, 2.24) is 5.43 Å². The van der Waals surface area contributed by atoms with Crippen LogP contribution in [-0.2, 0) is 4.79 Å². The van der Waals surface area contributed by atoms with Crippen molar-refractivity contribution in [2.24, 2.45) is 5.10 Å². The molecule has 0 aliphatic rings. The largest absolute Gasteiger partial charge is 0.422 e. The van der Waals surface area contributed by atoms with Crippen LogP contribution in [0.3, 0.4) is 0 Å². The van der Waals surface area contributed by atoms with E-state index in [0.717, 1.165) is 29.2 Å². The number of nitrogens with one attached hydrogen (secondary N) is 1. The Morgan fingerprint density at radius 1 is 0.750 bits per heavy atom. The van der Waals surface area contributed by atoms with E-state index in [1.54, 1.807) is 24.4 Å². The van der Waals surface area contributed by atoms with Crippen molar-refractivity contribution in [3.05, 3.63) is 77.4 Å².